The highest BCUT2D eigenvalue weighted by Crippen LogP contribution is 2.25. The normalized spacial score (nSPS) is 11.0. The molecule has 0 fully saturated rings. The Hall–Kier alpha value is -2.57. The molecule has 0 unspecified atom stereocenters. The molecule has 0 radical (unpaired) electrons. The first-order valence-corrected chi connectivity index (χ1v) is 9.36. The van der Waals surface area contributed by atoms with E-state index < -0.39 is 0 Å². The van der Waals surface area contributed by atoms with Gasteiger partial charge in [-0.05, 0) is 29.2 Å². The molecule has 0 saturated heterocycles. The second-order valence-electron chi connectivity index (χ2n) is 5.39. The van der Waals surface area contributed by atoms with E-state index in [4.69, 9.17) is 0 Å². The first kappa shape index (κ1) is 17.3. The van der Waals surface area contributed by atoms with Crippen molar-refractivity contribution in [2.45, 2.75) is 6.92 Å². The van der Waals surface area contributed by atoms with Crippen molar-refractivity contribution in [3.05, 3.63) is 64.5 Å². The van der Waals surface area contributed by atoms with Crippen LogP contribution in [-0.4, -0.2) is 23.7 Å². The molecule has 0 aliphatic carbocycles. The molecule has 1 amide bonds. The lowest BCUT2D eigenvalue weighted by Gasteiger charge is -2.09. The zero-order valence-electron chi connectivity index (χ0n) is 13.8. The lowest BCUT2D eigenvalue weighted by molar-refractivity contribution is -0.116. The minimum atomic E-state index is -0.0770. The van der Waals surface area contributed by atoms with Gasteiger partial charge in [0.15, 0.2) is 10.9 Å². The number of allylic oxidation sites excluding steroid dienone is 1. The zero-order valence-corrected chi connectivity index (χ0v) is 15.4. The zero-order chi connectivity index (χ0) is 17.8. The predicted molar refractivity (Wildman–Crippen MR) is 104 cm³/mol. The van der Waals surface area contributed by atoms with Gasteiger partial charge in [-0.1, -0.05) is 30.3 Å². The van der Waals surface area contributed by atoms with E-state index in [9.17, 15) is 9.59 Å². The number of hydrogen-bond acceptors (Lipinski definition) is 5. The summed E-state index contributed by atoms with van der Waals surface area (Å²) in [6.07, 6.45) is 3.18. The van der Waals surface area contributed by atoms with Crippen LogP contribution in [0, 0.1) is 0 Å². The topological polar surface area (TPSA) is 50.3 Å². The fraction of sp³-hybridized carbons (Fsp3) is 0.105. The number of hydrogen-bond donors (Lipinski definition) is 0. The Morgan fingerprint density at radius 2 is 1.88 bits per heavy atom. The number of rotatable bonds is 5. The van der Waals surface area contributed by atoms with Gasteiger partial charge >= 0.3 is 0 Å². The van der Waals surface area contributed by atoms with Gasteiger partial charge < -0.3 is 0 Å². The highest BCUT2D eigenvalue weighted by atomic mass is 32.1. The molecule has 0 saturated carbocycles. The Balaban J connectivity index is 1.69. The standard InChI is InChI=1S/C19H16N2O2S2/c1-13(22)21(2)19-20-16(12-25-19)9-10-17(23)14-5-7-15(8-6-14)18-4-3-11-24-18/h3-12H,1-2H3/b10-9-. The third-order valence-electron chi connectivity index (χ3n) is 3.65. The van der Waals surface area contributed by atoms with Crippen molar-refractivity contribution in [1.82, 2.24) is 4.98 Å². The van der Waals surface area contributed by atoms with Crippen LogP contribution in [0.1, 0.15) is 23.0 Å². The van der Waals surface area contributed by atoms with Crippen molar-refractivity contribution < 1.29 is 9.59 Å². The quantitative estimate of drug-likeness (QED) is 0.482. The van der Waals surface area contributed by atoms with Crippen LogP contribution in [0.3, 0.4) is 0 Å². The molecule has 1 aromatic carbocycles. The molecule has 0 aliphatic rings. The number of carbonyl (C=O) groups is 2. The van der Waals surface area contributed by atoms with E-state index in [1.165, 1.54) is 34.1 Å². The maximum absolute atomic E-state index is 12.3. The van der Waals surface area contributed by atoms with Crippen LogP contribution in [-0.2, 0) is 4.79 Å². The summed E-state index contributed by atoms with van der Waals surface area (Å²) >= 11 is 3.04. The molecule has 6 heteroatoms. The molecule has 4 nitrogen and oxygen atoms in total. The third kappa shape index (κ3) is 4.10. The monoisotopic (exact) mass is 368 g/mol. The molecular weight excluding hydrogens is 352 g/mol. The predicted octanol–water partition coefficient (Wildman–Crippen LogP) is 4.75. The minimum absolute atomic E-state index is 0.0767. The number of benzene rings is 1. The van der Waals surface area contributed by atoms with E-state index in [1.807, 2.05) is 41.1 Å². The summed E-state index contributed by atoms with van der Waals surface area (Å²) in [6.45, 7) is 1.49. The van der Waals surface area contributed by atoms with Gasteiger partial charge in [-0.2, -0.15) is 0 Å². The fourth-order valence-electron chi connectivity index (χ4n) is 2.14. The van der Waals surface area contributed by atoms with E-state index in [0.717, 1.165) is 5.56 Å². The average molecular weight is 368 g/mol. The first-order valence-electron chi connectivity index (χ1n) is 7.61. The third-order valence-corrected chi connectivity index (χ3v) is 5.50. The summed E-state index contributed by atoms with van der Waals surface area (Å²) in [4.78, 5) is 30.6. The number of amides is 1. The first-order chi connectivity index (χ1) is 12.0. The van der Waals surface area contributed by atoms with Crippen molar-refractivity contribution in [2.24, 2.45) is 0 Å². The number of ketones is 1. The van der Waals surface area contributed by atoms with Gasteiger partial charge in [0.1, 0.15) is 0 Å². The van der Waals surface area contributed by atoms with E-state index >= 15 is 0 Å². The maximum atomic E-state index is 12.3. The van der Waals surface area contributed by atoms with Gasteiger partial charge in [0.25, 0.3) is 0 Å². The van der Waals surface area contributed by atoms with Crippen molar-refractivity contribution >= 4 is 45.6 Å². The van der Waals surface area contributed by atoms with Gasteiger partial charge in [0, 0.05) is 29.8 Å². The van der Waals surface area contributed by atoms with Crippen molar-refractivity contribution in [1.29, 1.82) is 0 Å². The summed E-state index contributed by atoms with van der Waals surface area (Å²) in [5, 5.41) is 4.46. The molecule has 126 valence electrons. The molecule has 25 heavy (non-hydrogen) atoms. The number of anilines is 1. The van der Waals surface area contributed by atoms with Crippen LogP contribution in [0.5, 0.6) is 0 Å². The molecule has 0 aliphatic heterocycles. The lowest BCUT2D eigenvalue weighted by atomic mass is 10.1. The molecule has 3 rings (SSSR count). The van der Waals surface area contributed by atoms with Gasteiger partial charge in [-0.3, -0.25) is 14.5 Å². The Kier molecular flexibility index (Phi) is 5.21. The fourth-order valence-corrected chi connectivity index (χ4v) is 3.68. The number of thiophene rings is 1. The molecule has 0 N–H and O–H groups in total. The lowest BCUT2D eigenvalue weighted by Crippen LogP contribution is -2.22. The van der Waals surface area contributed by atoms with E-state index in [2.05, 4.69) is 11.1 Å². The van der Waals surface area contributed by atoms with E-state index in [0.29, 0.717) is 16.4 Å². The summed E-state index contributed by atoms with van der Waals surface area (Å²) in [6, 6.07) is 11.6. The van der Waals surface area contributed by atoms with Crippen molar-refractivity contribution in [3.8, 4) is 10.4 Å². The smallest absolute Gasteiger partial charge is 0.225 e. The second kappa shape index (κ2) is 7.55. The highest BCUT2D eigenvalue weighted by Gasteiger charge is 2.09. The molecule has 0 atom stereocenters. The average Bonchev–Trinajstić information content (AvgIpc) is 3.31. The molecular formula is C19H16N2O2S2. The van der Waals surface area contributed by atoms with Crippen LogP contribution in [0.2, 0.25) is 0 Å². The van der Waals surface area contributed by atoms with Crippen LogP contribution in [0.4, 0.5) is 5.13 Å². The Morgan fingerprint density at radius 1 is 1.12 bits per heavy atom. The second-order valence-corrected chi connectivity index (χ2v) is 7.17. The van der Waals surface area contributed by atoms with Crippen LogP contribution in [0.25, 0.3) is 16.5 Å². The summed E-state index contributed by atoms with van der Waals surface area (Å²) < 4.78 is 0. The van der Waals surface area contributed by atoms with Crippen molar-refractivity contribution in [2.75, 3.05) is 11.9 Å². The Labute approximate surface area is 154 Å². The Bertz CT molecular complexity index is 909. The summed E-state index contributed by atoms with van der Waals surface area (Å²) in [5.74, 6) is -0.154. The number of nitrogens with zero attached hydrogens (tertiary/aromatic N) is 2. The van der Waals surface area contributed by atoms with E-state index in [-0.39, 0.29) is 11.7 Å². The molecule has 0 spiro atoms. The number of thiazole rings is 1. The summed E-state index contributed by atoms with van der Waals surface area (Å²) in [5.41, 5.74) is 2.40. The van der Waals surface area contributed by atoms with Crippen LogP contribution >= 0.6 is 22.7 Å². The van der Waals surface area contributed by atoms with Crippen molar-refractivity contribution in [3.63, 3.8) is 0 Å². The highest BCUT2D eigenvalue weighted by molar-refractivity contribution is 7.14. The molecule has 0 bridgehead atoms. The maximum Gasteiger partial charge on any atom is 0.225 e. The van der Waals surface area contributed by atoms with Gasteiger partial charge in [-0.15, -0.1) is 22.7 Å². The SMILES string of the molecule is CC(=O)N(C)c1nc(/C=C\C(=O)c2ccc(-c3cccs3)cc2)cs1. The molecule has 3 aromatic rings. The Morgan fingerprint density at radius 3 is 2.52 bits per heavy atom. The minimum Gasteiger partial charge on any atom is -0.291 e. The van der Waals surface area contributed by atoms with Crippen LogP contribution in [0.15, 0.2) is 53.2 Å². The number of aromatic nitrogens is 1. The van der Waals surface area contributed by atoms with E-state index in [1.54, 1.807) is 24.5 Å². The van der Waals surface area contributed by atoms with Crippen LogP contribution < -0.4 is 4.90 Å². The summed E-state index contributed by atoms with van der Waals surface area (Å²) in [7, 11) is 1.68. The van der Waals surface area contributed by atoms with Gasteiger partial charge in [0.2, 0.25) is 5.91 Å². The molecule has 2 aromatic heterocycles. The van der Waals surface area contributed by atoms with Gasteiger partial charge in [-0.25, -0.2) is 4.98 Å². The number of carbonyl (C=O) groups excluding carboxylic acids is 2. The van der Waals surface area contributed by atoms with Gasteiger partial charge in [0.05, 0.1) is 5.69 Å². The largest absolute Gasteiger partial charge is 0.291 e. The molecule has 2 heterocycles.